The minimum atomic E-state index is 0.0822. The van der Waals surface area contributed by atoms with E-state index in [4.69, 9.17) is 17.3 Å². The van der Waals surface area contributed by atoms with Crippen LogP contribution in [0.2, 0.25) is 5.02 Å². The van der Waals surface area contributed by atoms with E-state index >= 15 is 0 Å². The second kappa shape index (κ2) is 7.45. The van der Waals surface area contributed by atoms with Gasteiger partial charge in [0.15, 0.2) is 0 Å². The maximum absolute atomic E-state index is 11.3. The van der Waals surface area contributed by atoms with Crippen LogP contribution in [-0.4, -0.2) is 18.2 Å². The molecule has 0 spiro atoms. The summed E-state index contributed by atoms with van der Waals surface area (Å²) in [5, 5.41) is 3.40. The van der Waals surface area contributed by atoms with Crippen molar-refractivity contribution in [2.75, 3.05) is 18.0 Å². The van der Waals surface area contributed by atoms with Gasteiger partial charge in [0.05, 0.1) is 16.5 Å². The Balaban J connectivity index is 2.30. The van der Waals surface area contributed by atoms with E-state index in [1.807, 2.05) is 19.1 Å². The lowest BCUT2D eigenvalue weighted by Gasteiger charge is -2.05. The lowest BCUT2D eigenvalue weighted by molar-refractivity contribution is -0.118. The molecule has 0 atom stereocenters. The van der Waals surface area contributed by atoms with Gasteiger partial charge in [0.1, 0.15) is 0 Å². The molecule has 0 unspecified atom stereocenters. The summed E-state index contributed by atoms with van der Waals surface area (Å²) >= 11 is 7.40. The van der Waals surface area contributed by atoms with Gasteiger partial charge in [-0.15, -0.1) is 11.8 Å². The van der Waals surface area contributed by atoms with Crippen LogP contribution in [0.3, 0.4) is 0 Å². The number of nitrogen functional groups attached to an aromatic ring is 1. The molecule has 0 heterocycles. The molecule has 0 radical (unpaired) electrons. The normalized spacial score (nSPS) is 10.2. The van der Waals surface area contributed by atoms with Crippen LogP contribution in [-0.2, 0) is 10.5 Å². The number of rotatable bonds is 6. The van der Waals surface area contributed by atoms with E-state index in [-0.39, 0.29) is 5.91 Å². The Hall–Kier alpha value is -0.870. The summed E-state index contributed by atoms with van der Waals surface area (Å²) in [5.41, 5.74) is 7.36. The molecule has 0 aliphatic heterocycles. The summed E-state index contributed by atoms with van der Waals surface area (Å²) in [6, 6.07) is 5.55. The molecular formula is C12H17ClN2OS. The third-order valence-corrected chi connectivity index (χ3v) is 3.48. The van der Waals surface area contributed by atoms with Crippen molar-refractivity contribution in [2.45, 2.75) is 19.1 Å². The number of carbonyl (C=O) groups excluding carboxylic acids is 1. The molecular weight excluding hydrogens is 256 g/mol. The molecule has 0 saturated heterocycles. The first-order chi connectivity index (χ1) is 8.13. The van der Waals surface area contributed by atoms with Crippen LogP contribution in [0.1, 0.15) is 18.9 Å². The number of carbonyl (C=O) groups is 1. The van der Waals surface area contributed by atoms with Crippen LogP contribution >= 0.6 is 23.4 Å². The van der Waals surface area contributed by atoms with Gasteiger partial charge in [-0.25, -0.2) is 0 Å². The van der Waals surface area contributed by atoms with Crippen LogP contribution in [0.15, 0.2) is 18.2 Å². The van der Waals surface area contributed by atoms with Crippen molar-refractivity contribution in [3.8, 4) is 0 Å². The highest BCUT2D eigenvalue weighted by Crippen LogP contribution is 2.22. The van der Waals surface area contributed by atoms with Gasteiger partial charge >= 0.3 is 0 Å². The minimum absolute atomic E-state index is 0.0822. The first kappa shape index (κ1) is 14.2. The zero-order valence-corrected chi connectivity index (χ0v) is 11.4. The van der Waals surface area contributed by atoms with E-state index < -0.39 is 0 Å². The number of nitrogens with one attached hydrogen (secondary N) is 1. The fourth-order valence-electron chi connectivity index (χ4n) is 1.26. The standard InChI is InChI=1S/C12H17ClN2OS/c1-2-5-15-12(16)8-17-7-9-3-4-10(13)11(14)6-9/h3-4,6H,2,5,7-8,14H2,1H3,(H,15,16). The molecule has 1 aromatic rings. The summed E-state index contributed by atoms with van der Waals surface area (Å²) < 4.78 is 0. The van der Waals surface area contributed by atoms with Gasteiger partial charge in [-0.05, 0) is 24.1 Å². The molecule has 1 amide bonds. The van der Waals surface area contributed by atoms with E-state index in [2.05, 4.69) is 5.32 Å². The number of halogens is 1. The highest BCUT2D eigenvalue weighted by molar-refractivity contribution is 7.99. The lowest BCUT2D eigenvalue weighted by atomic mass is 10.2. The minimum Gasteiger partial charge on any atom is -0.398 e. The van der Waals surface area contributed by atoms with Crippen LogP contribution in [0.4, 0.5) is 5.69 Å². The first-order valence-electron chi connectivity index (χ1n) is 5.51. The molecule has 0 aliphatic rings. The number of anilines is 1. The van der Waals surface area contributed by atoms with Crippen LogP contribution in [0, 0.1) is 0 Å². The molecule has 0 aromatic heterocycles. The number of benzene rings is 1. The van der Waals surface area contributed by atoms with E-state index in [0.29, 0.717) is 16.5 Å². The van der Waals surface area contributed by atoms with Crippen LogP contribution in [0.5, 0.6) is 0 Å². The van der Waals surface area contributed by atoms with Crippen molar-refractivity contribution in [2.24, 2.45) is 0 Å². The molecule has 3 nitrogen and oxygen atoms in total. The van der Waals surface area contributed by atoms with E-state index in [9.17, 15) is 4.79 Å². The second-order valence-corrected chi connectivity index (χ2v) is 5.09. The van der Waals surface area contributed by atoms with Crippen LogP contribution in [0.25, 0.3) is 0 Å². The zero-order chi connectivity index (χ0) is 12.7. The van der Waals surface area contributed by atoms with Crippen molar-refractivity contribution >= 4 is 35.0 Å². The average molecular weight is 273 g/mol. The highest BCUT2D eigenvalue weighted by atomic mass is 35.5. The number of hydrogen-bond donors (Lipinski definition) is 2. The van der Waals surface area contributed by atoms with Gasteiger partial charge < -0.3 is 11.1 Å². The Morgan fingerprint density at radius 3 is 2.94 bits per heavy atom. The molecule has 3 N–H and O–H groups in total. The Kier molecular flexibility index (Phi) is 6.22. The fraction of sp³-hybridized carbons (Fsp3) is 0.417. The van der Waals surface area contributed by atoms with Gasteiger partial charge in [0.25, 0.3) is 0 Å². The zero-order valence-electron chi connectivity index (χ0n) is 9.83. The number of hydrogen-bond acceptors (Lipinski definition) is 3. The predicted octanol–water partition coefficient (Wildman–Crippen LogP) is 2.68. The maximum Gasteiger partial charge on any atom is 0.230 e. The molecule has 0 aliphatic carbocycles. The number of thioether (sulfide) groups is 1. The number of amides is 1. The maximum atomic E-state index is 11.3. The summed E-state index contributed by atoms with van der Waals surface area (Å²) in [7, 11) is 0. The molecule has 5 heteroatoms. The Morgan fingerprint density at radius 2 is 2.29 bits per heavy atom. The molecule has 0 saturated carbocycles. The van der Waals surface area contributed by atoms with E-state index in [1.54, 1.807) is 17.8 Å². The van der Waals surface area contributed by atoms with E-state index in [1.165, 1.54) is 0 Å². The van der Waals surface area contributed by atoms with E-state index in [0.717, 1.165) is 24.3 Å². The van der Waals surface area contributed by atoms with Crippen molar-refractivity contribution in [3.05, 3.63) is 28.8 Å². The molecule has 0 fully saturated rings. The SMILES string of the molecule is CCCNC(=O)CSCc1ccc(Cl)c(N)c1. The second-order valence-electron chi connectivity index (χ2n) is 3.70. The summed E-state index contributed by atoms with van der Waals surface area (Å²) in [5.74, 6) is 1.32. The van der Waals surface area contributed by atoms with Crippen molar-refractivity contribution in [3.63, 3.8) is 0 Å². The fourth-order valence-corrected chi connectivity index (χ4v) is 2.18. The van der Waals surface area contributed by atoms with Gasteiger partial charge in [-0.3, -0.25) is 4.79 Å². The third kappa shape index (κ3) is 5.33. The first-order valence-corrected chi connectivity index (χ1v) is 7.05. The van der Waals surface area contributed by atoms with Gasteiger partial charge in [0.2, 0.25) is 5.91 Å². The molecule has 17 heavy (non-hydrogen) atoms. The Bertz CT molecular complexity index is 385. The van der Waals surface area contributed by atoms with Crippen molar-refractivity contribution < 1.29 is 4.79 Å². The average Bonchev–Trinajstić information content (AvgIpc) is 2.31. The molecule has 1 rings (SSSR count). The highest BCUT2D eigenvalue weighted by Gasteiger charge is 2.02. The van der Waals surface area contributed by atoms with Crippen molar-refractivity contribution in [1.29, 1.82) is 0 Å². The number of nitrogens with two attached hydrogens (primary N) is 1. The van der Waals surface area contributed by atoms with Gasteiger partial charge in [-0.2, -0.15) is 0 Å². The largest absolute Gasteiger partial charge is 0.398 e. The lowest BCUT2D eigenvalue weighted by Crippen LogP contribution is -2.25. The Morgan fingerprint density at radius 1 is 1.53 bits per heavy atom. The van der Waals surface area contributed by atoms with Crippen LogP contribution < -0.4 is 11.1 Å². The molecule has 1 aromatic carbocycles. The topological polar surface area (TPSA) is 55.1 Å². The predicted molar refractivity (Wildman–Crippen MR) is 75.3 cm³/mol. The van der Waals surface area contributed by atoms with Gasteiger partial charge in [0, 0.05) is 12.3 Å². The third-order valence-electron chi connectivity index (χ3n) is 2.13. The smallest absolute Gasteiger partial charge is 0.230 e. The molecule has 94 valence electrons. The summed E-state index contributed by atoms with van der Waals surface area (Å²) in [6.07, 6.45) is 0.962. The monoisotopic (exact) mass is 272 g/mol. The quantitative estimate of drug-likeness (QED) is 0.783. The van der Waals surface area contributed by atoms with Gasteiger partial charge in [-0.1, -0.05) is 24.6 Å². The Labute approximate surface area is 111 Å². The summed E-state index contributed by atoms with van der Waals surface area (Å²) in [6.45, 7) is 2.77. The van der Waals surface area contributed by atoms with Crippen molar-refractivity contribution in [1.82, 2.24) is 5.32 Å². The summed E-state index contributed by atoms with van der Waals surface area (Å²) in [4.78, 5) is 11.3. The molecule has 0 bridgehead atoms.